The van der Waals surface area contributed by atoms with E-state index in [0.29, 0.717) is 0 Å². The van der Waals surface area contributed by atoms with Gasteiger partial charge in [-0.1, -0.05) is 32.9 Å². The van der Waals surface area contributed by atoms with Crippen LogP contribution in [0, 0.1) is 0 Å². The monoisotopic (exact) mass is 209 g/mol. The van der Waals surface area contributed by atoms with E-state index in [0.717, 1.165) is 19.5 Å². The topological polar surface area (TPSA) is 3.24 Å². The predicted molar refractivity (Wildman–Crippen MR) is 64.6 cm³/mol. The van der Waals surface area contributed by atoms with Gasteiger partial charge in [0.2, 0.25) is 0 Å². The molecule has 0 bridgehead atoms. The van der Waals surface area contributed by atoms with Crippen LogP contribution in [0.3, 0.4) is 0 Å². The molecule has 0 fully saturated rings. The zero-order valence-electron chi connectivity index (χ0n) is 9.29. The molecule has 0 N–H and O–H groups in total. The first-order valence-corrected chi connectivity index (χ1v) is 6.09. The van der Waals surface area contributed by atoms with Gasteiger partial charge in [0, 0.05) is 18.0 Å². The molecule has 0 aromatic heterocycles. The zero-order chi connectivity index (χ0) is 10.4. The van der Waals surface area contributed by atoms with Gasteiger partial charge in [0.1, 0.15) is 0 Å². The third-order valence-corrected chi connectivity index (χ3v) is 3.53. The summed E-state index contributed by atoms with van der Waals surface area (Å²) in [5.41, 5.74) is 1.41. The Bertz CT molecular complexity index is 252. The molecule has 0 unspecified atom stereocenters. The number of benzene rings is 1. The molecule has 0 aliphatic carbocycles. The zero-order valence-corrected chi connectivity index (χ0v) is 10.1. The van der Waals surface area contributed by atoms with E-state index in [2.05, 4.69) is 49.3 Å². The van der Waals surface area contributed by atoms with Crippen LogP contribution in [0.5, 0.6) is 0 Å². The first-order chi connectivity index (χ1) is 6.80. The second-order valence-corrected chi connectivity index (χ2v) is 4.37. The number of aryl methyl sites for hydroxylation is 1. The maximum absolute atomic E-state index is 2.35. The van der Waals surface area contributed by atoms with Crippen LogP contribution in [-0.2, 0) is 6.42 Å². The second kappa shape index (κ2) is 6.10. The summed E-state index contributed by atoms with van der Waals surface area (Å²) in [7, 11) is 0. The van der Waals surface area contributed by atoms with E-state index in [1.807, 2.05) is 11.9 Å². The molecule has 1 aromatic carbocycles. The summed E-state index contributed by atoms with van der Waals surface area (Å²) in [5.74, 6) is 0. The normalized spacial score (nSPS) is 10.9. The van der Waals surface area contributed by atoms with E-state index < -0.39 is 0 Å². The molecule has 0 atom stereocenters. The van der Waals surface area contributed by atoms with Crippen molar-refractivity contribution in [3.05, 3.63) is 29.8 Å². The Labute approximate surface area is 91.6 Å². The smallest absolute Gasteiger partial charge is 0.0230 e. The van der Waals surface area contributed by atoms with Gasteiger partial charge in [-0.2, -0.15) is 0 Å². The van der Waals surface area contributed by atoms with Crippen molar-refractivity contribution in [2.45, 2.75) is 32.1 Å². The third kappa shape index (κ3) is 3.35. The lowest BCUT2D eigenvalue weighted by Crippen LogP contribution is -2.13. The Kier molecular flexibility index (Phi) is 5.05. The van der Waals surface area contributed by atoms with Crippen LogP contribution in [0.4, 0.5) is 0 Å². The van der Waals surface area contributed by atoms with Crippen molar-refractivity contribution in [1.29, 1.82) is 0 Å². The summed E-state index contributed by atoms with van der Waals surface area (Å²) in [4.78, 5) is 1.34. The van der Waals surface area contributed by atoms with E-state index >= 15 is 0 Å². The van der Waals surface area contributed by atoms with Crippen LogP contribution < -0.4 is 0 Å². The van der Waals surface area contributed by atoms with Crippen LogP contribution >= 0.6 is 11.9 Å². The molecule has 1 nitrogen and oxygen atoms in total. The fraction of sp³-hybridized carbons (Fsp3) is 0.500. The van der Waals surface area contributed by atoms with E-state index in [9.17, 15) is 0 Å². The highest BCUT2D eigenvalue weighted by Crippen LogP contribution is 2.22. The summed E-state index contributed by atoms with van der Waals surface area (Å²) in [6.45, 7) is 8.76. The largest absolute Gasteiger partial charge is 0.247 e. The Morgan fingerprint density at radius 2 is 1.57 bits per heavy atom. The van der Waals surface area contributed by atoms with E-state index in [1.54, 1.807) is 0 Å². The standard InChI is InChI=1S/C12H19NS/c1-4-11-7-9-12(10-8-11)14-13(5-2)6-3/h7-10H,4-6H2,1-3H3. The highest BCUT2D eigenvalue weighted by molar-refractivity contribution is 7.97. The first-order valence-electron chi connectivity index (χ1n) is 5.32. The Morgan fingerprint density at radius 3 is 2.00 bits per heavy atom. The maximum atomic E-state index is 2.35. The highest BCUT2D eigenvalue weighted by atomic mass is 32.2. The number of rotatable bonds is 5. The van der Waals surface area contributed by atoms with Gasteiger partial charge in [-0.25, -0.2) is 4.31 Å². The summed E-state index contributed by atoms with van der Waals surface area (Å²) in [6.07, 6.45) is 1.12. The third-order valence-electron chi connectivity index (χ3n) is 2.27. The van der Waals surface area contributed by atoms with Gasteiger partial charge in [-0.05, 0) is 36.1 Å². The maximum Gasteiger partial charge on any atom is 0.0230 e. The van der Waals surface area contributed by atoms with Gasteiger partial charge in [0.15, 0.2) is 0 Å². The molecular formula is C12H19NS. The summed E-state index contributed by atoms with van der Waals surface area (Å²) < 4.78 is 2.35. The first kappa shape index (κ1) is 11.6. The summed E-state index contributed by atoms with van der Waals surface area (Å²) in [5, 5.41) is 0. The molecule has 0 heterocycles. The molecular weight excluding hydrogens is 190 g/mol. The molecule has 0 saturated heterocycles. The minimum Gasteiger partial charge on any atom is -0.247 e. The lowest BCUT2D eigenvalue weighted by molar-refractivity contribution is 0.525. The average molecular weight is 209 g/mol. The van der Waals surface area contributed by atoms with Gasteiger partial charge in [0.05, 0.1) is 0 Å². The molecule has 78 valence electrons. The molecule has 0 aliphatic heterocycles. The van der Waals surface area contributed by atoms with E-state index in [1.165, 1.54) is 10.5 Å². The summed E-state index contributed by atoms with van der Waals surface area (Å²) >= 11 is 1.84. The van der Waals surface area contributed by atoms with Crippen LogP contribution in [0.1, 0.15) is 26.3 Å². The Morgan fingerprint density at radius 1 is 1.00 bits per heavy atom. The molecule has 0 saturated carbocycles. The van der Waals surface area contributed by atoms with Crippen molar-refractivity contribution in [2.75, 3.05) is 13.1 Å². The highest BCUT2D eigenvalue weighted by Gasteiger charge is 2.01. The van der Waals surface area contributed by atoms with Gasteiger partial charge >= 0.3 is 0 Å². The van der Waals surface area contributed by atoms with E-state index in [4.69, 9.17) is 0 Å². The fourth-order valence-electron chi connectivity index (χ4n) is 1.29. The van der Waals surface area contributed by atoms with Gasteiger partial charge in [0.25, 0.3) is 0 Å². The van der Waals surface area contributed by atoms with Crippen molar-refractivity contribution >= 4 is 11.9 Å². The molecule has 0 aliphatic rings. The minimum absolute atomic E-state index is 1.09. The van der Waals surface area contributed by atoms with Gasteiger partial charge in [-0.3, -0.25) is 0 Å². The van der Waals surface area contributed by atoms with Crippen LogP contribution in [0.2, 0.25) is 0 Å². The van der Waals surface area contributed by atoms with Crippen molar-refractivity contribution in [3.8, 4) is 0 Å². The lowest BCUT2D eigenvalue weighted by atomic mass is 10.2. The Balaban J connectivity index is 2.58. The van der Waals surface area contributed by atoms with Gasteiger partial charge in [-0.15, -0.1) is 0 Å². The number of nitrogens with zero attached hydrogens (tertiary/aromatic N) is 1. The Hall–Kier alpha value is -0.470. The lowest BCUT2D eigenvalue weighted by Gasteiger charge is -2.16. The molecule has 0 amide bonds. The van der Waals surface area contributed by atoms with Crippen LogP contribution in [0.15, 0.2) is 29.2 Å². The molecule has 0 spiro atoms. The summed E-state index contributed by atoms with van der Waals surface area (Å²) in [6, 6.07) is 8.85. The van der Waals surface area contributed by atoms with E-state index in [-0.39, 0.29) is 0 Å². The average Bonchev–Trinajstić information content (AvgIpc) is 2.26. The van der Waals surface area contributed by atoms with Crippen molar-refractivity contribution in [3.63, 3.8) is 0 Å². The SMILES string of the molecule is CCc1ccc(SN(CC)CC)cc1. The predicted octanol–water partition coefficient (Wildman–Crippen LogP) is 3.60. The molecule has 14 heavy (non-hydrogen) atoms. The van der Waals surface area contributed by atoms with Crippen molar-refractivity contribution in [2.24, 2.45) is 0 Å². The molecule has 2 heteroatoms. The van der Waals surface area contributed by atoms with Crippen LogP contribution in [-0.4, -0.2) is 17.4 Å². The molecule has 1 aromatic rings. The quantitative estimate of drug-likeness (QED) is 0.682. The van der Waals surface area contributed by atoms with Gasteiger partial charge < -0.3 is 0 Å². The van der Waals surface area contributed by atoms with Crippen molar-refractivity contribution < 1.29 is 0 Å². The minimum atomic E-state index is 1.09. The second-order valence-electron chi connectivity index (χ2n) is 3.20. The molecule has 1 rings (SSSR count). The fourth-order valence-corrected chi connectivity index (χ4v) is 2.10. The number of hydrogen-bond acceptors (Lipinski definition) is 2. The number of hydrogen-bond donors (Lipinski definition) is 0. The van der Waals surface area contributed by atoms with Crippen molar-refractivity contribution in [1.82, 2.24) is 4.31 Å². The van der Waals surface area contributed by atoms with Crippen LogP contribution in [0.25, 0.3) is 0 Å². The molecule has 0 radical (unpaired) electrons.